The molecule has 0 saturated heterocycles. The van der Waals surface area contributed by atoms with E-state index < -0.39 is 0 Å². The Morgan fingerprint density at radius 2 is 1.00 bits per heavy atom. The first-order valence-corrected chi connectivity index (χ1v) is 5.98. The van der Waals surface area contributed by atoms with Crippen LogP contribution in [0.3, 0.4) is 0 Å². The van der Waals surface area contributed by atoms with E-state index in [1.807, 2.05) is 0 Å². The number of nitrogens with one attached hydrogen (secondary N) is 1. The average Bonchev–Trinajstić information content (AvgIpc) is 2.90. The minimum absolute atomic E-state index is 0.335. The monoisotopic (exact) mass is 221 g/mol. The van der Waals surface area contributed by atoms with Gasteiger partial charge in [-0.2, -0.15) is 0 Å². The molecule has 0 aliphatic carbocycles. The third-order valence-corrected chi connectivity index (χ3v) is 3.17. The number of hydrogen-bond acceptors (Lipinski definition) is 1. The fourth-order valence-corrected chi connectivity index (χ4v) is 2.26. The van der Waals surface area contributed by atoms with Crippen LogP contribution in [0.2, 0.25) is 0 Å². The molecule has 1 aliphatic rings. The Morgan fingerprint density at radius 3 is 1.41 bits per heavy atom. The molecule has 2 atom stereocenters. The van der Waals surface area contributed by atoms with Gasteiger partial charge >= 0.3 is 0 Å². The van der Waals surface area contributed by atoms with Crippen molar-refractivity contribution in [3.63, 3.8) is 0 Å². The van der Waals surface area contributed by atoms with Crippen molar-refractivity contribution in [2.24, 2.45) is 0 Å². The molecule has 84 valence electrons. The molecule has 0 radical (unpaired) electrons. The first-order valence-electron chi connectivity index (χ1n) is 5.98. The molecule has 1 heteroatoms. The summed E-state index contributed by atoms with van der Waals surface area (Å²) in [6.07, 6.45) is 4.49. The fraction of sp³-hybridized carbons (Fsp3) is 0.125. The van der Waals surface area contributed by atoms with Gasteiger partial charge in [0.2, 0.25) is 0 Å². The Labute approximate surface area is 102 Å². The van der Waals surface area contributed by atoms with Crippen molar-refractivity contribution in [1.29, 1.82) is 0 Å². The van der Waals surface area contributed by atoms with E-state index >= 15 is 0 Å². The van der Waals surface area contributed by atoms with Gasteiger partial charge in [0.05, 0.1) is 12.1 Å². The predicted molar refractivity (Wildman–Crippen MR) is 70.6 cm³/mol. The van der Waals surface area contributed by atoms with Gasteiger partial charge in [-0.1, -0.05) is 72.8 Å². The third kappa shape index (κ3) is 2.15. The van der Waals surface area contributed by atoms with Gasteiger partial charge in [-0.05, 0) is 11.1 Å². The van der Waals surface area contributed by atoms with Crippen LogP contribution in [0.25, 0.3) is 0 Å². The number of hydrogen-bond donors (Lipinski definition) is 1. The van der Waals surface area contributed by atoms with Crippen molar-refractivity contribution >= 4 is 0 Å². The van der Waals surface area contributed by atoms with Gasteiger partial charge < -0.3 is 0 Å². The topological polar surface area (TPSA) is 12.0 Å². The summed E-state index contributed by atoms with van der Waals surface area (Å²) in [5.74, 6) is 0. The van der Waals surface area contributed by atoms with Crippen LogP contribution in [0.15, 0.2) is 72.8 Å². The Kier molecular flexibility index (Phi) is 2.76. The summed E-state index contributed by atoms with van der Waals surface area (Å²) in [4.78, 5) is 0. The van der Waals surface area contributed by atoms with Gasteiger partial charge in [0, 0.05) is 0 Å². The summed E-state index contributed by atoms with van der Waals surface area (Å²) in [6, 6.07) is 21.8. The Balaban J connectivity index is 1.78. The highest BCUT2D eigenvalue weighted by Gasteiger charge is 2.19. The maximum Gasteiger partial charge on any atom is 0.0514 e. The van der Waals surface area contributed by atoms with Crippen molar-refractivity contribution in [3.8, 4) is 0 Å². The Morgan fingerprint density at radius 1 is 0.588 bits per heavy atom. The lowest BCUT2D eigenvalue weighted by Crippen LogP contribution is -2.18. The molecular formula is C16H15N. The lowest BCUT2D eigenvalue weighted by Gasteiger charge is -2.15. The van der Waals surface area contributed by atoms with Crippen molar-refractivity contribution in [2.75, 3.05) is 0 Å². The van der Waals surface area contributed by atoms with Crippen LogP contribution >= 0.6 is 0 Å². The van der Waals surface area contributed by atoms with Gasteiger partial charge in [0.15, 0.2) is 0 Å². The number of benzene rings is 2. The van der Waals surface area contributed by atoms with Crippen molar-refractivity contribution in [2.45, 2.75) is 12.1 Å². The molecule has 0 bridgehead atoms. The quantitative estimate of drug-likeness (QED) is 0.764. The highest BCUT2D eigenvalue weighted by molar-refractivity contribution is 5.32. The average molecular weight is 221 g/mol. The lowest BCUT2D eigenvalue weighted by molar-refractivity contribution is 0.606. The second-order valence-corrected chi connectivity index (χ2v) is 4.33. The summed E-state index contributed by atoms with van der Waals surface area (Å²) in [7, 11) is 0. The highest BCUT2D eigenvalue weighted by Crippen LogP contribution is 2.27. The molecule has 0 saturated carbocycles. The first kappa shape index (κ1) is 10.3. The van der Waals surface area contributed by atoms with Crippen LogP contribution < -0.4 is 5.32 Å². The molecule has 0 amide bonds. The molecule has 1 nitrogen and oxygen atoms in total. The zero-order valence-electron chi connectivity index (χ0n) is 9.58. The van der Waals surface area contributed by atoms with E-state index in [1.54, 1.807) is 0 Å². The molecule has 2 aromatic carbocycles. The van der Waals surface area contributed by atoms with Crippen LogP contribution in [0.5, 0.6) is 0 Å². The van der Waals surface area contributed by atoms with Crippen LogP contribution in [0.1, 0.15) is 23.2 Å². The van der Waals surface area contributed by atoms with Gasteiger partial charge in [0.1, 0.15) is 0 Å². The summed E-state index contributed by atoms with van der Waals surface area (Å²) < 4.78 is 0. The lowest BCUT2D eigenvalue weighted by atomic mass is 10.1. The zero-order valence-corrected chi connectivity index (χ0v) is 9.58. The van der Waals surface area contributed by atoms with Gasteiger partial charge in [-0.3, -0.25) is 5.32 Å². The van der Waals surface area contributed by atoms with Crippen molar-refractivity contribution < 1.29 is 0 Å². The normalized spacial score (nSPS) is 22.8. The smallest absolute Gasteiger partial charge is 0.0514 e. The van der Waals surface area contributed by atoms with Crippen molar-refractivity contribution in [3.05, 3.63) is 83.9 Å². The maximum atomic E-state index is 3.61. The van der Waals surface area contributed by atoms with Gasteiger partial charge in [0.25, 0.3) is 0 Å². The van der Waals surface area contributed by atoms with Gasteiger partial charge in [-0.15, -0.1) is 0 Å². The minimum Gasteiger partial charge on any atom is -0.296 e. The van der Waals surface area contributed by atoms with E-state index in [-0.39, 0.29) is 0 Å². The molecule has 1 N–H and O–H groups in total. The van der Waals surface area contributed by atoms with Crippen LogP contribution in [-0.2, 0) is 0 Å². The van der Waals surface area contributed by atoms with Crippen LogP contribution in [0.4, 0.5) is 0 Å². The molecule has 0 spiro atoms. The summed E-state index contributed by atoms with van der Waals surface area (Å²) in [5.41, 5.74) is 2.64. The second-order valence-electron chi connectivity index (χ2n) is 4.33. The molecule has 1 aliphatic heterocycles. The number of rotatable bonds is 2. The minimum atomic E-state index is 0.335. The molecular weight excluding hydrogens is 206 g/mol. The molecule has 0 unspecified atom stereocenters. The highest BCUT2D eigenvalue weighted by atomic mass is 15.0. The van der Waals surface area contributed by atoms with E-state index in [0.29, 0.717) is 12.1 Å². The summed E-state index contributed by atoms with van der Waals surface area (Å²) in [5, 5.41) is 3.61. The van der Waals surface area contributed by atoms with Gasteiger partial charge in [-0.25, -0.2) is 0 Å². The Hall–Kier alpha value is -1.86. The molecule has 0 fully saturated rings. The van der Waals surface area contributed by atoms with E-state index in [1.165, 1.54) is 11.1 Å². The third-order valence-electron chi connectivity index (χ3n) is 3.17. The molecule has 17 heavy (non-hydrogen) atoms. The second kappa shape index (κ2) is 4.56. The van der Waals surface area contributed by atoms with E-state index in [4.69, 9.17) is 0 Å². The standard InChI is InChI=1S/C16H15N/c1-3-7-13(8-4-1)15-11-12-16(17-15)14-9-5-2-6-10-14/h1-12,15-17H/t15-,16-/m0/s1. The molecule has 0 aromatic heterocycles. The largest absolute Gasteiger partial charge is 0.296 e. The Bertz CT molecular complexity index is 454. The summed E-state index contributed by atoms with van der Waals surface area (Å²) in [6.45, 7) is 0. The zero-order chi connectivity index (χ0) is 11.5. The predicted octanol–water partition coefficient (Wildman–Crippen LogP) is 3.63. The SMILES string of the molecule is C1=C[C@@H](c2ccccc2)N[C@@H]1c1ccccc1. The van der Waals surface area contributed by atoms with E-state index in [2.05, 4.69) is 78.1 Å². The van der Waals surface area contributed by atoms with Crippen molar-refractivity contribution in [1.82, 2.24) is 5.32 Å². The van der Waals surface area contributed by atoms with Crippen LogP contribution in [0, 0.1) is 0 Å². The molecule has 1 heterocycles. The molecule has 2 aromatic rings. The first-order chi connectivity index (χ1) is 8.43. The van der Waals surface area contributed by atoms with Crippen LogP contribution in [-0.4, -0.2) is 0 Å². The summed E-state index contributed by atoms with van der Waals surface area (Å²) >= 11 is 0. The maximum absolute atomic E-state index is 3.61. The van der Waals surface area contributed by atoms with E-state index in [9.17, 15) is 0 Å². The molecule has 3 rings (SSSR count). The fourth-order valence-electron chi connectivity index (χ4n) is 2.26. The van der Waals surface area contributed by atoms with E-state index in [0.717, 1.165) is 0 Å².